The SMILES string of the molecule is CC.CC(=O)N(C)CCNN. The molecule has 0 spiro atoms. The average Bonchev–Trinajstić information content (AvgIpc) is 2.03. The molecule has 0 aliphatic carbocycles. The van der Waals surface area contributed by atoms with Gasteiger partial charge in [-0.25, -0.2) is 0 Å². The molecular formula is C7H19N3O. The summed E-state index contributed by atoms with van der Waals surface area (Å²) >= 11 is 0. The van der Waals surface area contributed by atoms with Crippen LogP contribution < -0.4 is 11.3 Å². The van der Waals surface area contributed by atoms with Crippen LogP contribution in [0, 0.1) is 0 Å². The smallest absolute Gasteiger partial charge is 0.219 e. The van der Waals surface area contributed by atoms with Crippen LogP contribution in [0.3, 0.4) is 0 Å². The standard InChI is InChI=1S/C5H13N3O.C2H6/c1-5(9)8(2)4-3-7-6;1-2/h7H,3-4,6H2,1-2H3;1-2H3. The van der Waals surface area contributed by atoms with Crippen molar-refractivity contribution in [2.24, 2.45) is 5.84 Å². The van der Waals surface area contributed by atoms with Crippen molar-refractivity contribution in [1.82, 2.24) is 10.3 Å². The molecule has 0 aromatic rings. The topological polar surface area (TPSA) is 58.4 Å². The molecule has 0 unspecified atom stereocenters. The maximum atomic E-state index is 10.5. The molecule has 0 rings (SSSR count). The molecule has 0 saturated heterocycles. The van der Waals surface area contributed by atoms with Gasteiger partial charge < -0.3 is 4.90 Å². The van der Waals surface area contributed by atoms with Crippen LogP contribution in [-0.2, 0) is 4.79 Å². The molecule has 4 heteroatoms. The molecule has 0 radical (unpaired) electrons. The first-order valence-corrected chi connectivity index (χ1v) is 3.83. The maximum Gasteiger partial charge on any atom is 0.219 e. The Bertz CT molecular complexity index is 95.7. The molecule has 4 nitrogen and oxygen atoms in total. The first-order valence-electron chi connectivity index (χ1n) is 3.83. The minimum atomic E-state index is 0.0604. The lowest BCUT2D eigenvalue weighted by Crippen LogP contribution is -2.35. The van der Waals surface area contributed by atoms with E-state index in [9.17, 15) is 4.79 Å². The molecule has 0 saturated carbocycles. The van der Waals surface area contributed by atoms with Gasteiger partial charge in [0.05, 0.1) is 0 Å². The third-order valence-corrected chi connectivity index (χ3v) is 1.13. The van der Waals surface area contributed by atoms with Gasteiger partial charge in [-0.3, -0.25) is 16.1 Å². The maximum absolute atomic E-state index is 10.5. The molecule has 3 N–H and O–H groups in total. The molecule has 0 aromatic carbocycles. The lowest BCUT2D eigenvalue weighted by molar-refractivity contribution is -0.127. The number of hydrogen-bond donors (Lipinski definition) is 2. The highest BCUT2D eigenvalue weighted by Gasteiger charge is 1.98. The Hall–Kier alpha value is -0.610. The van der Waals surface area contributed by atoms with Crippen molar-refractivity contribution < 1.29 is 4.79 Å². The fourth-order valence-corrected chi connectivity index (χ4v) is 0.390. The van der Waals surface area contributed by atoms with E-state index in [4.69, 9.17) is 5.84 Å². The van der Waals surface area contributed by atoms with Crippen molar-refractivity contribution >= 4 is 5.91 Å². The summed E-state index contributed by atoms with van der Waals surface area (Å²) in [6, 6.07) is 0. The Balaban J connectivity index is 0. The first-order chi connectivity index (χ1) is 5.18. The number of hydrazine groups is 1. The van der Waals surface area contributed by atoms with Gasteiger partial charge in [0, 0.05) is 27.1 Å². The number of likely N-dealkylation sites (N-methyl/N-ethyl adjacent to an activating group) is 1. The summed E-state index contributed by atoms with van der Waals surface area (Å²) in [5, 5.41) is 0. The van der Waals surface area contributed by atoms with E-state index in [1.807, 2.05) is 13.8 Å². The van der Waals surface area contributed by atoms with Crippen molar-refractivity contribution in [3.63, 3.8) is 0 Å². The van der Waals surface area contributed by atoms with Crippen LogP contribution in [0.5, 0.6) is 0 Å². The summed E-state index contributed by atoms with van der Waals surface area (Å²) < 4.78 is 0. The highest BCUT2D eigenvalue weighted by molar-refractivity contribution is 5.72. The van der Waals surface area contributed by atoms with E-state index in [-0.39, 0.29) is 5.91 Å². The normalized spacial score (nSPS) is 8.09. The predicted octanol–water partition coefficient (Wildman–Crippen LogP) is -0.0458. The number of nitrogens with zero attached hydrogens (tertiary/aromatic N) is 1. The van der Waals surface area contributed by atoms with Crippen molar-refractivity contribution in [3.8, 4) is 0 Å². The Labute approximate surface area is 68.7 Å². The van der Waals surface area contributed by atoms with E-state index in [0.717, 1.165) is 0 Å². The lowest BCUT2D eigenvalue weighted by Gasteiger charge is -2.13. The number of carbonyl (C=O) groups excluding carboxylic acids is 1. The van der Waals surface area contributed by atoms with Crippen LogP contribution in [0.2, 0.25) is 0 Å². The molecule has 68 valence electrons. The Morgan fingerprint density at radius 1 is 1.55 bits per heavy atom. The summed E-state index contributed by atoms with van der Waals surface area (Å²) in [5.41, 5.74) is 2.46. The molecule has 0 heterocycles. The number of carbonyl (C=O) groups is 1. The predicted molar refractivity (Wildman–Crippen MR) is 46.8 cm³/mol. The van der Waals surface area contributed by atoms with Crippen molar-refractivity contribution in [2.75, 3.05) is 20.1 Å². The summed E-state index contributed by atoms with van der Waals surface area (Å²) in [6.45, 7) is 6.82. The number of hydrogen-bond acceptors (Lipinski definition) is 3. The molecule has 0 fully saturated rings. The first kappa shape index (κ1) is 13.0. The van der Waals surface area contributed by atoms with Crippen LogP contribution in [0.25, 0.3) is 0 Å². The summed E-state index contributed by atoms with van der Waals surface area (Å²) in [5.74, 6) is 5.05. The zero-order valence-electron chi connectivity index (χ0n) is 7.85. The molecule has 0 aromatic heterocycles. The minimum absolute atomic E-state index is 0.0604. The Morgan fingerprint density at radius 2 is 2.00 bits per heavy atom. The number of rotatable bonds is 3. The Kier molecular flexibility index (Phi) is 11.1. The lowest BCUT2D eigenvalue weighted by atomic mass is 10.5. The zero-order chi connectivity index (χ0) is 9.28. The van der Waals surface area contributed by atoms with Gasteiger partial charge in [-0.2, -0.15) is 0 Å². The molecule has 11 heavy (non-hydrogen) atoms. The van der Waals surface area contributed by atoms with Gasteiger partial charge in [-0.1, -0.05) is 13.8 Å². The summed E-state index contributed by atoms with van der Waals surface area (Å²) in [4.78, 5) is 12.1. The average molecular weight is 161 g/mol. The second-order valence-corrected chi connectivity index (χ2v) is 1.89. The number of amides is 1. The second kappa shape index (κ2) is 9.39. The van der Waals surface area contributed by atoms with E-state index < -0.39 is 0 Å². The number of nitrogens with one attached hydrogen (secondary N) is 1. The van der Waals surface area contributed by atoms with Crippen molar-refractivity contribution in [1.29, 1.82) is 0 Å². The van der Waals surface area contributed by atoms with Crippen LogP contribution in [-0.4, -0.2) is 30.9 Å². The van der Waals surface area contributed by atoms with Crippen LogP contribution in [0.1, 0.15) is 20.8 Å². The fraction of sp³-hybridized carbons (Fsp3) is 0.857. The highest BCUT2D eigenvalue weighted by atomic mass is 16.2. The van der Waals surface area contributed by atoms with Gasteiger partial charge in [0.25, 0.3) is 0 Å². The van der Waals surface area contributed by atoms with E-state index >= 15 is 0 Å². The van der Waals surface area contributed by atoms with E-state index in [0.29, 0.717) is 13.1 Å². The summed E-state index contributed by atoms with van der Waals surface area (Å²) in [6.07, 6.45) is 0. The quantitative estimate of drug-likeness (QED) is 0.451. The molecule has 0 atom stereocenters. The molecule has 0 aliphatic rings. The van der Waals surface area contributed by atoms with Gasteiger partial charge in [-0.15, -0.1) is 0 Å². The largest absolute Gasteiger partial charge is 0.345 e. The number of nitrogens with two attached hydrogens (primary N) is 1. The van der Waals surface area contributed by atoms with Gasteiger partial charge in [0.1, 0.15) is 0 Å². The van der Waals surface area contributed by atoms with Crippen molar-refractivity contribution in [3.05, 3.63) is 0 Å². The molecular weight excluding hydrogens is 142 g/mol. The minimum Gasteiger partial charge on any atom is -0.345 e. The molecule has 1 amide bonds. The van der Waals surface area contributed by atoms with Crippen LogP contribution in [0.15, 0.2) is 0 Å². The van der Waals surface area contributed by atoms with Gasteiger partial charge in [0.2, 0.25) is 5.91 Å². The van der Waals surface area contributed by atoms with Crippen LogP contribution >= 0.6 is 0 Å². The third kappa shape index (κ3) is 9.39. The monoisotopic (exact) mass is 161 g/mol. The van der Waals surface area contributed by atoms with Gasteiger partial charge >= 0.3 is 0 Å². The van der Waals surface area contributed by atoms with Gasteiger partial charge in [0.15, 0.2) is 0 Å². The Morgan fingerprint density at radius 3 is 2.27 bits per heavy atom. The molecule has 0 bridgehead atoms. The summed E-state index contributed by atoms with van der Waals surface area (Å²) in [7, 11) is 1.74. The van der Waals surface area contributed by atoms with Crippen molar-refractivity contribution in [2.45, 2.75) is 20.8 Å². The fourth-order valence-electron chi connectivity index (χ4n) is 0.390. The van der Waals surface area contributed by atoms with Gasteiger partial charge in [-0.05, 0) is 0 Å². The third-order valence-electron chi connectivity index (χ3n) is 1.13. The second-order valence-electron chi connectivity index (χ2n) is 1.89. The van der Waals surface area contributed by atoms with E-state index in [2.05, 4.69) is 5.43 Å². The zero-order valence-corrected chi connectivity index (χ0v) is 7.85. The van der Waals surface area contributed by atoms with E-state index in [1.165, 1.54) is 6.92 Å². The molecule has 0 aliphatic heterocycles. The van der Waals surface area contributed by atoms with Crippen LogP contribution in [0.4, 0.5) is 0 Å². The van der Waals surface area contributed by atoms with E-state index in [1.54, 1.807) is 11.9 Å². The highest BCUT2D eigenvalue weighted by Crippen LogP contribution is 1.78.